The monoisotopic (exact) mass is 314 g/mol. The number of benzene rings is 1. The van der Waals surface area contributed by atoms with Crippen molar-refractivity contribution in [1.82, 2.24) is 15.3 Å². The fourth-order valence-corrected chi connectivity index (χ4v) is 2.03. The zero-order chi connectivity index (χ0) is 16.7. The fourth-order valence-electron chi connectivity index (χ4n) is 2.03. The second kappa shape index (κ2) is 8.03. The second-order valence-corrected chi connectivity index (χ2v) is 4.99. The highest BCUT2D eigenvalue weighted by Crippen LogP contribution is 2.07. The van der Waals surface area contributed by atoms with E-state index in [2.05, 4.69) is 27.2 Å². The van der Waals surface area contributed by atoms with E-state index in [1.165, 1.54) is 6.07 Å². The van der Waals surface area contributed by atoms with Crippen molar-refractivity contribution in [3.8, 4) is 0 Å². The third kappa shape index (κ3) is 4.88. The van der Waals surface area contributed by atoms with Gasteiger partial charge >= 0.3 is 0 Å². The summed E-state index contributed by atoms with van der Waals surface area (Å²) >= 11 is 0. The summed E-state index contributed by atoms with van der Waals surface area (Å²) in [6, 6.07) is 8.12. The van der Waals surface area contributed by atoms with Gasteiger partial charge in [-0.15, -0.1) is 6.58 Å². The maximum absolute atomic E-state index is 13.5. The Balaban J connectivity index is 1.96. The van der Waals surface area contributed by atoms with Crippen LogP contribution in [0.1, 0.15) is 21.7 Å². The van der Waals surface area contributed by atoms with Gasteiger partial charge in [-0.1, -0.05) is 24.3 Å². The summed E-state index contributed by atoms with van der Waals surface area (Å²) in [6.45, 7) is 6.24. The van der Waals surface area contributed by atoms with E-state index in [4.69, 9.17) is 0 Å². The van der Waals surface area contributed by atoms with Gasteiger partial charge in [-0.05, 0) is 31.0 Å². The maximum atomic E-state index is 13.5. The fraction of sp³-hybridized carbons (Fsp3) is 0.235. The Morgan fingerprint density at radius 3 is 2.87 bits per heavy atom. The van der Waals surface area contributed by atoms with Crippen molar-refractivity contribution in [2.45, 2.75) is 13.3 Å². The number of aryl methyl sites for hydroxylation is 1. The molecule has 0 radical (unpaired) electrons. The molecule has 0 fully saturated rings. The van der Waals surface area contributed by atoms with Gasteiger partial charge in [-0.3, -0.25) is 4.79 Å². The van der Waals surface area contributed by atoms with Crippen molar-refractivity contribution in [3.63, 3.8) is 0 Å². The lowest BCUT2D eigenvalue weighted by Crippen LogP contribution is -2.27. The lowest BCUT2D eigenvalue weighted by atomic mass is 10.1. The van der Waals surface area contributed by atoms with Crippen LogP contribution in [0.2, 0.25) is 0 Å². The van der Waals surface area contributed by atoms with Crippen molar-refractivity contribution < 1.29 is 9.18 Å². The predicted octanol–water partition coefficient (Wildman–Crippen LogP) is 2.49. The molecule has 2 rings (SSSR count). The SMILES string of the molecule is C=CCNc1nc(C)cc(C(=O)NCCc2ccccc2F)n1. The second-order valence-electron chi connectivity index (χ2n) is 4.99. The number of anilines is 1. The standard InChI is InChI=1S/C17H19FN4O/c1-3-9-20-17-21-12(2)11-15(22-17)16(23)19-10-8-13-6-4-5-7-14(13)18/h3-7,11H,1,8-10H2,2H3,(H,19,23)(H,20,21,22). The minimum absolute atomic E-state index is 0.268. The van der Waals surface area contributed by atoms with Gasteiger partial charge in [0, 0.05) is 18.8 Å². The van der Waals surface area contributed by atoms with Crippen LogP contribution in [0.15, 0.2) is 43.0 Å². The number of hydrogen-bond donors (Lipinski definition) is 2. The lowest BCUT2D eigenvalue weighted by Gasteiger charge is -2.08. The van der Waals surface area contributed by atoms with Gasteiger partial charge in [-0.2, -0.15) is 0 Å². The summed E-state index contributed by atoms with van der Waals surface area (Å²) in [5, 5.41) is 5.69. The molecule has 6 heteroatoms. The number of halogens is 1. The summed E-state index contributed by atoms with van der Waals surface area (Å²) in [4.78, 5) is 20.5. The van der Waals surface area contributed by atoms with Crippen LogP contribution in [-0.4, -0.2) is 29.0 Å². The van der Waals surface area contributed by atoms with Crippen molar-refractivity contribution in [2.24, 2.45) is 0 Å². The van der Waals surface area contributed by atoms with E-state index in [9.17, 15) is 9.18 Å². The molecule has 1 heterocycles. The normalized spacial score (nSPS) is 10.2. The molecule has 23 heavy (non-hydrogen) atoms. The molecule has 0 spiro atoms. The zero-order valence-corrected chi connectivity index (χ0v) is 13.0. The average Bonchev–Trinajstić information content (AvgIpc) is 2.54. The van der Waals surface area contributed by atoms with Crippen LogP contribution in [-0.2, 0) is 6.42 Å². The number of nitrogens with zero attached hydrogens (tertiary/aromatic N) is 2. The molecule has 0 aliphatic rings. The van der Waals surface area contributed by atoms with Gasteiger partial charge in [0.1, 0.15) is 11.5 Å². The molecule has 1 aromatic heterocycles. The summed E-state index contributed by atoms with van der Waals surface area (Å²) in [7, 11) is 0. The van der Waals surface area contributed by atoms with Crippen LogP contribution in [0.5, 0.6) is 0 Å². The molecule has 0 aliphatic heterocycles. The molecule has 2 N–H and O–H groups in total. The number of hydrogen-bond acceptors (Lipinski definition) is 4. The van der Waals surface area contributed by atoms with Crippen molar-refractivity contribution in [3.05, 3.63) is 65.8 Å². The summed E-state index contributed by atoms with van der Waals surface area (Å²) < 4.78 is 13.5. The third-order valence-corrected chi connectivity index (χ3v) is 3.13. The van der Waals surface area contributed by atoms with Crippen LogP contribution >= 0.6 is 0 Å². The Labute approximate surface area is 134 Å². The molecule has 0 saturated carbocycles. The summed E-state index contributed by atoms with van der Waals surface area (Å²) in [5.74, 6) is -0.201. The van der Waals surface area contributed by atoms with Gasteiger partial charge < -0.3 is 10.6 Å². The van der Waals surface area contributed by atoms with Crippen LogP contribution in [0.25, 0.3) is 0 Å². The molecule has 0 aliphatic carbocycles. The van der Waals surface area contributed by atoms with E-state index in [1.807, 2.05) is 0 Å². The molecular formula is C17H19FN4O. The van der Waals surface area contributed by atoms with Crippen molar-refractivity contribution in [2.75, 3.05) is 18.4 Å². The van der Waals surface area contributed by atoms with Gasteiger partial charge in [0.25, 0.3) is 5.91 Å². The highest BCUT2D eigenvalue weighted by Gasteiger charge is 2.10. The first kappa shape index (κ1) is 16.6. The highest BCUT2D eigenvalue weighted by atomic mass is 19.1. The molecule has 1 amide bonds. The molecule has 0 atom stereocenters. The smallest absolute Gasteiger partial charge is 0.270 e. The Kier molecular flexibility index (Phi) is 5.80. The van der Waals surface area contributed by atoms with Crippen LogP contribution in [0.3, 0.4) is 0 Å². The van der Waals surface area contributed by atoms with Crippen LogP contribution in [0, 0.1) is 12.7 Å². The quantitative estimate of drug-likeness (QED) is 0.771. The highest BCUT2D eigenvalue weighted by molar-refractivity contribution is 5.92. The van der Waals surface area contributed by atoms with Gasteiger partial charge in [0.15, 0.2) is 0 Å². The van der Waals surface area contributed by atoms with Crippen molar-refractivity contribution >= 4 is 11.9 Å². The summed E-state index contributed by atoms with van der Waals surface area (Å²) in [5.41, 5.74) is 1.53. The molecule has 120 valence electrons. The Bertz CT molecular complexity index is 703. The molecule has 2 aromatic rings. The van der Waals surface area contributed by atoms with Gasteiger partial charge in [0.2, 0.25) is 5.95 Å². The van der Waals surface area contributed by atoms with E-state index in [0.29, 0.717) is 36.7 Å². The average molecular weight is 314 g/mol. The lowest BCUT2D eigenvalue weighted by molar-refractivity contribution is 0.0949. The minimum atomic E-state index is -0.312. The number of carbonyl (C=O) groups is 1. The minimum Gasteiger partial charge on any atom is -0.351 e. The molecule has 0 unspecified atom stereocenters. The summed E-state index contributed by atoms with van der Waals surface area (Å²) in [6.07, 6.45) is 2.10. The first-order valence-corrected chi connectivity index (χ1v) is 7.32. The number of aromatic nitrogens is 2. The maximum Gasteiger partial charge on any atom is 0.270 e. The molecule has 0 saturated heterocycles. The predicted molar refractivity (Wildman–Crippen MR) is 87.9 cm³/mol. The first-order chi connectivity index (χ1) is 11.1. The Morgan fingerprint density at radius 1 is 1.35 bits per heavy atom. The molecular weight excluding hydrogens is 295 g/mol. The number of carbonyl (C=O) groups excluding carboxylic acids is 1. The van der Waals surface area contributed by atoms with Gasteiger partial charge in [-0.25, -0.2) is 14.4 Å². The zero-order valence-electron chi connectivity index (χ0n) is 13.0. The largest absolute Gasteiger partial charge is 0.351 e. The van der Waals surface area contributed by atoms with E-state index in [1.54, 1.807) is 37.3 Å². The van der Waals surface area contributed by atoms with E-state index in [0.717, 1.165) is 0 Å². The van der Waals surface area contributed by atoms with Crippen LogP contribution in [0.4, 0.5) is 10.3 Å². The Hall–Kier alpha value is -2.76. The van der Waals surface area contributed by atoms with E-state index in [-0.39, 0.29) is 17.4 Å². The molecule has 1 aromatic carbocycles. The van der Waals surface area contributed by atoms with Crippen LogP contribution < -0.4 is 10.6 Å². The molecule has 5 nitrogen and oxygen atoms in total. The van der Waals surface area contributed by atoms with E-state index < -0.39 is 0 Å². The third-order valence-electron chi connectivity index (χ3n) is 3.13. The Morgan fingerprint density at radius 2 is 2.13 bits per heavy atom. The number of nitrogens with one attached hydrogen (secondary N) is 2. The van der Waals surface area contributed by atoms with E-state index >= 15 is 0 Å². The number of amides is 1. The van der Waals surface area contributed by atoms with Crippen molar-refractivity contribution in [1.29, 1.82) is 0 Å². The van der Waals surface area contributed by atoms with Gasteiger partial charge in [0.05, 0.1) is 0 Å². The molecule has 0 bridgehead atoms. The number of rotatable bonds is 7. The first-order valence-electron chi connectivity index (χ1n) is 7.32. The topological polar surface area (TPSA) is 66.9 Å².